The van der Waals surface area contributed by atoms with Gasteiger partial charge in [-0.3, -0.25) is 9.59 Å². The zero-order chi connectivity index (χ0) is 19.4. The average Bonchev–Trinajstić information content (AvgIpc) is 2.62. The Bertz CT molecular complexity index is 644. The van der Waals surface area contributed by atoms with Crippen molar-refractivity contribution in [2.24, 2.45) is 5.73 Å². The lowest BCUT2D eigenvalue weighted by molar-refractivity contribution is -0.128. The number of benzene rings is 1. The molecule has 0 spiro atoms. The van der Waals surface area contributed by atoms with E-state index in [1.807, 2.05) is 24.3 Å². The Hall–Kier alpha value is -3.12. The number of nitrogens with one attached hydrogen (secondary N) is 2. The molecule has 0 aromatic heterocycles. The van der Waals surface area contributed by atoms with Crippen LogP contribution < -0.4 is 16.4 Å². The summed E-state index contributed by atoms with van der Waals surface area (Å²) in [5.41, 5.74) is 5.95. The van der Waals surface area contributed by atoms with Crippen molar-refractivity contribution in [1.82, 2.24) is 10.6 Å². The summed E-state index contributed by atoms with van der Waals surface area (Å²) in [6.45, 7) is -0.108. The van der Waals surface area contributed by atoms with Gasteiger partial charge in [-0.25, -0.2) is 4.79 Å². The summed E-state index contributed by atoms with van der Waals surface area (Å²) in [5.74, 6) is -1.37. The smallest absolute Gasteiger partial charge is 0.407 e. The van der Waals surface area contributed by atoms with Crippen LogP contribution in [-0.2, 0) is 20.9 Å². The second-order valence-corrected chi connectivity index (χ2v) is 5.52. The molecule has 26 heavy (non-hydrogen) atoms. The summed E-state index contributed by atoms with van der Waals surface area (Å²) in [7, 11) is 0. The van der Waals surface area contributed by atoms with Crippen molar-refractivity contribution in [3.05, 3.63) is 35.9 Å². The monoisotopic (exact) mass is 362 g/mol. The van der Waals surface area contributed by atoms with Gasteiger partial charge < -0.3 is 26.2 Å². The van der Waals surface area contributed by atoms with E-state index in [0.717, 1.165) is 5.56 Å². The molecule has 0 saturated carbocycles. The first-order valence-corrected chi connectivity index (χ1v) is 8.00. The van der Waals surface area contributed by atoms with Crippen LogP contribution in [0.15, 0.2) is 30.3 Å². The molecular formula is C17H22N4O5. The molecule has 140 valence electrons. The highest BCUT2D eigenvalue weighted by Gasteiger charge is 2.20. The van der Waals surface area contributed by atoms with Gasteiger partial charge in [0.15, 0.2) is 0 Å². The van der Waals surface area contributed by atoms with Crippen molar-refractivity contribution in [2.45, 2.75) is 38.0 Å². The Morgan fingerprint density at radius 1 is 1.27 bits per heavy atom. The summed E-state index contributed by atoms with van der Waals surface area (Å²) in [4.78, 5) is 34.5. The van der Waals surface area contributed by atoms with Crippen LogP contribution in [0.2, 0.25) is 0 Å². The Morgan fingerprint density at radius 3 is 2.58 bits per heavy atom. The second-order valence-electron chi connectivity index (χ2n) is 5.52. The maximum Gasteiger partial charge on any atom is 0.407 e. The van der Waals surface area contributed by atoms with Crippen molar-refractivity contribution in [1.29, 1.82) is 5.26 Å². The summed E-state index contributed by atoms with van der Waals surface area (Å²) in [6, 6.07) is 9.95. The van der Waals surface area contributed by atoms with Crippen molar-refractivity contribution >= 4 is 17.9 Å². The molecule has 1 aromatic carbocycles. The van der Waals surface area contributed by atoms with Gasteiger partial charge in [0.05, 0.1) is 18.6 Å². The first-order valence-electron chi connectivity index (χ1n) is 8.00. The SMILES string of the molecule is N#CCC[C@H](NC(=O)C[C@H](O)CNC(=O)OCc1ccccc1)C(N)=O. The lowest BCUT2D eigenvalue weighted by Gasteiger charge is -2.16. The first kappa shape index (κ1) is 20.9. The van der Waals surface area contributed by atoms with E-state index in [4.69, 9.17) is 15.7 Å². The minimum absolute atomic E-state index is 0.0608. The standard InChI is InChI=1S/C17H22N4O5/c18-8-4-7-14(16(19)24)21-15(23)9-13(22)10-20-17(25)26-11-12-5-2-1-3-6-12/h1-3,5-6,13-14,22H,4,7,9-11H2,(H2,19,24)(H,20,25)(H,21,23)/t13-,14-/m0/s1. The number of hydrogen-bond donors (Lipinski definition) is 4. The van der Waals surface area contributed by atoms with Gasteiger partial charge in [-0.1, -0.05) is 30.3 Å². The fraction of sp³-hybridized carbons (Fsp3) is 0.412. The largest absolute Gasteiger partial charge is 0.445 e. The predicted octanol–water partition coefficient (Wildman–Crippen LogP) is -0.0623. The number of primary amides is 1. The van der Waals surface area contributed by atoms with Crippen LogP contribution in [0.1, 0.15) is 24.8 Å². The van der Waals surface area contributed by atoms with Gasteiger partial charge in [0.25, 0.3) is 0 Å². The molecule has 0 heterocycles. The molecule has 2 atom stereocenters. The number of alkyl carbamates (subject to hydrolysis) is 1. The van der Waals surface area contributed by atoms with Crippen LogP contribution >= 0.6 is 0 Å². The molecule has 0 aliphatic carbocycles. The Labute approximate surface area is 151 Å². The number of nitrogens with zero attached hydrogens (tertiary/aromatic N) is 1. The van der Waals surface area contributed by atoms with E-state index in [-0.39, 0.29) is 32.4 Å². The summed E-state index contributed by atoms with van der Waals surface area (Å²) in [6.07, 6.45) is -2.07. The van der Waals surface area contributed by atoms with Crippen molar-refractivity contribution < 1.29 is 24.2 Å². The lowest BCUT2D eigenvalue weighted by Crippen LogP contribution is -2.46. The first-order chi connectivity index (χ1) is 12.4. The maximum absolute atomic E-state index is 11.8. The summed E-state index contributed by atoms with van der Waals surface area (Å²) < 4.78 is 4.97. The fourth-order valence-electron chi connectivity index (χ4n) is 2.01. The number of hydrogen-bond acceptors (Lipinski definition) is 6. The molecule has 1 rings (SSSR count). The molecule has 1 aromatic rings. The highest BCUT2D eigenvalue weighted by Crippen LogP contribution is 2.01. The van der Waals surface area contributed by atoms with Gasteiger partial charge in [-0.05, 0) is 12.0 Å². The van der Waals surface area contributed by atoms with Gasteiger partial charge in [0.1, 0.15) is 12.6 Å². The zero-order valence-electron chi connectivity index (χ0n) is 14.2. The molecule has 9 heteroatoms. The number of carbonyl (C=O) groups excluding carboxylic acids is 3. The molecule has 0 fully saturated rings. The molecule has 0 saturated heterocycles. The number of rotatable bonds is 10. The predicted molar refractivity (Wildman–Crippen MR) is 91.2 cm³/mol. The van der Waals surface area contributed by atoms with Gasteiger partial charge >= 0.3 is 6.09 Å². The van der Waals surface area contributed by atoms with Gasteiger partial charge in [0, 0.05) is 13.0 Å². The van der Waals surface area contributed by atoms with Crippen LogP contribution in [0.3, 0.4) is 0 Å². The summed E-state index contributed by atoms with van der Waals surface area (Å²) >= 11 is 0. The normalized spacial score (nSPS) is 12.3. The molecule has 0 aliphatic rings. The van der Waals surface area contributed by atoms with E-state index in [1.165, 1.54) is 0 Å². The number of nitrogens with two attached hydrogens (primary N) is 1. The molecular weight excluding hydrogens is 340 g/mol. The topological polar surface area (TPSA) is 155 Å². The minimum atomic E-state index is -1.16. The molecule has 0 bridgehead atoms. The lowest BCUT2D eigenvalue weighted by atomic mass is 10.1. The van der Waals surface area contributed by atoms with Crippen molar-refractivity contribution in [3.8, 4) is 6.07 Å². The Kier molecular flexibility index (Phi) is 9.20. The van der Waals surface area contributed by atoms with E-state index in [1.54, 1.807) is 12.1 Å². The van der Waals surface area contributed by atoms with Crippen LogP contribution in [0.4, 0.5) is 4.79 Å². The Morgan fingerprint density at radius 2 is 1.96 bits per heavy atom. The number of aliphatic hydroxyl groups excluding tert-OH is 1. The van der Waals surface area contributed by atoms with E-state index in [0.29, 0.717) is 0 Å². The quantitative estimate of drug-likeness (QED) is 0.457. The summed E-state index contributed by atoms with van der Waals surface area (Å²) in [5, 5.41) is 23.0. The molecule has 0 radical (unpaired) electrons. The molecule has 0 aliphatic heterocycles. The molecule has 0 unspecified atom stereocenters. The van der Waals surface area contributed by atoms with Crippen LogP contribution in [-0.4, -0.2) is 41.7 Å². The third kappa shape index (κ3) is 8.65. The van der Waals surface area contributed by atoms with E-state index in [2.05, 4.69) is 10.6 Å². The number of aliphatic hydroxyl groups is 1. The molecule has 9 nitrogen and oxygen atoms in total. The number of ether oxygens (including phenoxy) is 1. The average molecular weight is 362 g/mol. The zero-order valence-corrected chi connectivity index (χ0v) is 14.2. The third-order valence-electron chi connectivity index (χ3n) is 3.34. The van der Waals surface area contributed by atoms with Gasteiger partial charge in [0.2, 0.25) is 11.8 Å². The maximum atomic E-state index is 11.8. The van der Waals surface area contributed by atoms with Gasteiger partial charge in [-0.2, -0.15) is 5.26 Å². The number of nitriles is 1. The molecule has 5 N–H and O–H groups in total. The van der Waals surface area contributed by atoms with E-state index < -0.39 is 30.1 Å². The van der Waals surface area contributed by atoms with Crippen LogP contribution in [0, 0.1) is 11.3 Å². The second kappa shape index (κ2) is 11.4. The van der Waals surface area contributed by atoms with Gasteiger partial charge in [-0.15, -0.1) is 0 Å². The van der Waals surface area contributed by atoms with E-state index in [9.17, 15) is 19.5 Å². The number of amides is 3. The van der Waals surface area contributed by atoms with E-state index >= 15 is 0 Å². The highest BCUT2D eigenvalue weighted by atomic mass is 16.5. The minimum Gasteiger partial charge on any atom is -0.445 e. The Balaban J connectivity index is 2.28. The highest BCUT2D eigenvalue weighted by molar-refractivity contribution is 5.86. The fourth-order valence-corrected chi connectivity index (χ4v) is 2.01. The van der Waals surface area contributed by atoms with Crippen LogP contribution in [0.5, 0.6) is 0 Å². The third-order valence-corrected chi connectivity index (χ3v) is 3.34. The van der Waals surface area contributed by atoms with Crippen molar-refractivity contribution in [2.75, 3.05) is 6.54 Å². The van der Waals surface area contributed by atoms with Crippen molar-refractivity contribution in [3.63, 3.8) is 0 Å². The molecule has 3 amide bonds. The van der Waals surface area contributed by atoms with Crippen LogP contribution in [0.25, 0.3) is 0 Å². The number of carbonyl (C=O) groups is 3.